The van der Waals surface area contributed by atoms with Crippen molar-refractivity contribution in [3.63, 3.8) is 0 Å². The van der Waals surface area contributed by atoms with Gasteiger partial charge in [0.25, 0.3) is 5.56 Å². The molecule has 0 spiro atoms. The van der Waals surface area contributed by atoms with Crippen LogP contribution in [-0.2, 0) is 9.53 Å². The maximum absolute atomic E-state index is 11.7. The molecular weight excluding hydrogens is 265 g/mol. The Kier molecular flexibility index (Phi) is 4.60. The molecule has 0 fully saturated rings. The van der Waals surface area contributed by atoms with Crippen molar-refractivity contribution in [2.24, 2.45) is 0 Å². The summed E-state index contributed by atoms with van der Waals surface area (Å²) >= 11 is 11.5. The average Bonchev–Trinajstić information content (AvgIpc) is 2.21. The molecule has 0 aliphatic heterocycles. The van der Waals surface area contributed by atoms with Crippen LogP contribution in [0.4, 0.5) is 0 Å². The van der Waals surface area contributed by atoms with Gasteiger partial charge in [-0.05, 0) is 26.8 Å². The molecule has 0 saturated carbocycles. The zero-order valence-electron chi connectivity index (χ0n) is 9.74. The number of halogens is 2. The minimum atomic E-state index is -0.763. The van der Waals surface area contributed by atoms with Crippen LogP contribution in [0.15, 0.2) is 17.1 Å². The lowest BCUT2D eigenvalue weighted by Crippen LogP contribution is -2.30. The number of nitrogens with zero attached hydrogens (tertiary/aromatic N) is 1. The first kappa shape index (κ1) is 14.1. The van der Waals surface area contributed by atoms with Crippen molar-refractivity contribution in [3.8, 4) is 0 Å². The molecular formula is C11H13Cl2NO3. The molecule has 1 unspecified atom stereocenters. The molecule has 0 N–H and O–H groups in total. The topological polar surface area (TPSA) is 48.3 Å². The van der Waals surface area contributed by atoms with Crippen LogP contribution in [0, 0.1) is 0 Å². The Bertz CT molecular complexity index is 482. The second kappa shape index (κ2) is 5.56. The fourth-order valence-electron chi connectivity index (χ4n) is 1.27. The molecule has 0 aliphatic carbocycles. The highest BCUT2D eigenvalue weighted by atomic mass is 35.5. The smallest absolute Gasteiger partial charge is 0.329 e. The molecule has 1 aromatic rings. The van der Waals surface area contributed by atoms with Crippen LogP contribution in [0.3, 0.4) is 0 Å². The van der Waals surface area contributed by atoms with Gasteiger partial charge in [-0.2, -0.15) is 0 Å². The van der Waals surface area contributed by atoms with Gasteiger partial charge in [0.2, 0.25) is 0 Å². The van der Waals surface area contributed by atoms with E-state index in [2.05, 4.69) is 0 Å². The predicted molar refractivity (Wildman–Crippen MR) is 66.7 cm³/mol. The van der Waals surface area contributed by atoms with Crippen LogP contribution in [0.2, 0.25) is 10.0 Å². The predicted octanol–water partition coefficient (Wildman–Crippen LogP) is 2.67. The third-order valence-corrected chi connectivity index (χ3v) is 2.55. The number of esters is 1. The van der Waals surface area contributed by atoms with Crippen LogP contribution < -0.4 is 5.56 Å². The van der Waals surface area contributed by atoms with E-state index in [0.29, 0.717) is 5.02 Å². The van der Waals surface area contributed by atoms with Gasteiger partial charge >= 0.3 is 5.97 Å². The van der Waals surface area contributed by atoms with E-state index in [9.17, 15) is 9.59 Å². The van der Waals surface area contributed by atoms with Gasteiger partial charge in [0.05, 0.1) is 11.1 Å². The fraction of sp³-hybridized carbons (Fsp3) is 0.455. The Hall–Kier alpha value is -1.00. The van der Waals surface area contributed by atoms with Gasteiger partial charge in [-0.15, -0.1) is 0 Å². The number of carbonyl (C=O) groups is 1. The molecule has 0 aromatic carbocycles. The monoisotopic (exact) mass is 277 g/mol. The molecule has 6 heteroatoms. The first-order valence-corrected chi connectivity index (χ1v) is 5.86. The molecule has 4 nitrogen and oxygen atoms in total. The van der Waals surface area contributed by atoms with Gasteiger partial charge in [-0.3, -0.25) is 9.36 Å². The number of carbonyl (C=O) groups excluding carboxylic acids is 1. The minimum Gasteiger partial charge on any atom is -0.461 e. The maximum Gasteiger partial charge on any atom is 0.329 e. The van der Waals surface area contributed by atoms with Crippen molar-refractivity contribution >= 4 is 29.2 Å². The van der Waals surface area contributed by atoms with Gasteiger partial charge < -0.3 is 4.74 Å². The molecule has 0 aliphatic rings. The fourth-order valence-corrected chi connectivity index (χ4v) is 1.75. The molecule has 0 amide bonds. The van der Waals surface area contributed by atoms with Crippen molar-refractivity contribution in [1.29, 1.82) is 0 Å². The number of aromatic nitrogens is 1. The Labute approximate surface area is 109 Å². The Morgan fingerprint density at radius 1 is 1.35 bits per heavy atom. The van der Waals surface area contributed by atoms with E-state index in [1.54, 1.807) is 20.8 Å². The first-order chi connectivity index (χ1) is 7.82. The van der Waals surface area contributed by atoms with Crippen LogP contribution in [0.25, 0.3) is 0 Å². The van der Waals surface area contributed by atoms with E-state index in [0.717, 1.165) is 4.57 Å². The molecule has 1 rings (SSSR count). The summed E-state index contributed by atoms with van der Waals surface area (Å²) in [6.07, 6.45) is 1.12. The third kappa shape index (κ3) is 3.48. The molecule has 0 saturated heterocycles. The lowest BCUT2D eigenvalue weighted by Gasteiger charge is -2.16. The van der Waals surface area contributed by atoms with Crippen molar-refractivity contribution in [3.05, 3.63) is 32.7 Å². The minimum absolute atomic E-state index is 0.0262. The summed E-state index contributed by atoms with van der Waals surface area (Å²) in [6.45, 7) is 5.02. The van der Waals surface area contributed by atoms with E-state index in [-0.39, 0.29) is 11.1 Å². The quantitative estimate of drug-likeness (QED) is 0.799. The summed E-state index contributed by atoms with van der Waals surface area (Å²) in [5, 5.41) is 0.264. The number of pyridine rings is 1. The molecule has 1 heterocycles. The van der Waals surface area contributed by atoms with E-state index < -0.39 is 17.6 Å². The lowest BCUT2D eigenvalue weighted by molar-refractivity contribution is -0.151. The molecule has 94 valence electrons. The van der Waals surface area contributed by atoms with Crippen LogP contribution in [0.1, 0.15) is 26.8 Å². The molecule has 0 radical (unpaired) electrons. The Balaban J connectivity index is 3.08. The molecule has 1 atom stereocenters. The summed E-state index contributed by atoms with van der Waals surface area (Å²) in [7, 11) is 0. The molecule has 1 aromatic heterocycles. The lowest BCUT2D eigenvalue weighted by atomic mass is 10.3. The Morgan fingerprint density at radius 3 is 2.47 bits per heavy atom. The standard InChI is InChI=1S/C11H13Cl2NO3/c1-6(2)17-11(16)7(3)14-5-8(12)4-9(13)10(14)15/h4-7H,1-3H3. The first-order valence-electron chi connectivity index (χ1n) is 5.10. The van der Waals surface area contributed by atoms with Crippen LogP contribution in [-0.4, -0.2) is 16.6 Å². The zero-order valence-corrected chi connectivity index (χ0v) is 11.2. The van der Waals surface area contributed by atoms with Gasteiger partial charge in [0.1, 0.15) is 11.1 Å². The second-order valence-corrected chi connectivity index (χ2v) is 4.72. The number of hydrogen-bond donors (Lipinski definition) is 0. The normalized spacial score (nSPS) is 12.6. The highest BCUT2D eigenvalue weighted by Crippen LogP contribution is 2.15. The van der Waals surface area contributed by atoms with E-state index in [1.165, 1.54) is 12.3 Å². The van der Waals surface area contributed by atoms with Gasteiger partial charge in [0.15, 0.2) is 0 Å². The largest absolute Gasteiger partial charge is 0.461 e. The van der Waals surface area contributed by atoms with E-state index in [4.69, 9.17) is 27.9 Å². The number of ether oxygens (including phenoxy) is 1. The van der Waals surface area contributed by atoms with E-state index >= 15 is 0 Å². The van der Waals surface area contributed by atoms with Gasteiger partial charge in [-0.1, -0.05) is 23.2 Å². The summed E-state index contributed by atoms with van der Waals surface area (Å²) in [5.74, 6) is -0.500. The molecule has 17 heavy (non-hydrogen) atoms. The van der Waals surface area contributed by atoms with Crippen molar-refractivity contribution in [2.45, 2.75) is 32.9 Å². The number of hydrogen-bond acceptors (Lipinski definition) is 3. The molecule has 0 bridgehead atoms. The van der Waals surface area contributed by atoms with Crippen molar-refractivity contribution < 1.29 is 9.53 Å². The van der Waals surface area contributed by atoms with Crippen LogP contribution in [0.5, 0.6) is 0 Å². The highest BCUT2D eigenvalue weighted by molar-refractivity contribution is 6.34. The number of rotatable bonds is 3. The third-order valence-electron chi connectivity index (χ3n) is 2.08. The Morgan fingerprint density at radius 2 is 1.94 bits per heavy atom. The van der Waals surface area contributed by atoms with Gasteiger partial charge in [0, 0.05) is 6.20 Å². The summed E-state index contributed by atoms with van der Waals surface area (Å²) in [4.78, 5) is 23.4. The van der Waals surface area contributed by atoms with Gasteiger partial charge in [-0.25, -0.2) is 4.79 Å². The summed E-state index contributed by atoms with van der Waals surface area (Å²) in [5.41, 5.74) is -0.468. The second-order valence-electron chi connectivity index (χ2n) is 3.88. The zero-order chi connectivity index (χ0) is 13.2. The maximum atomic E-state index is 11.7. The van der Waals surface area contributed by atoms with Crippen molar-refractivity contribution in [2.75, 3.05) is 0 Å². The highest BCUT2D eigenvalue weighted by Gasteiger charge is 2.20. The SMILES string of the molecule is CC(C)OC(=O)C(C)n1cc(Cl)cc(Cl)c1=O. The van der Waals surface area contributed by atoms with Crippen LogP contribution >= 0.6 is 23.2 Å². The summed E-state index contributed by atoms with van der Waals surface area (Å²) in [6, 6.07) is 0.573. The summed E-state index contributed by atoms with van der Waals surface area (Å²) < 4.78 is 6.18. The van der Waals surface area contributed by atoms with Crippen molar-refractivity contribution in [1.82, 2.24) is 4.57 Å². The average molecular weight is 278 g/mol. The van der Waals surface area contributed by atoms with E-state index in [1.807, 2.05) is 0 Å².